The molecular formula is C26H28N2O5S. The van der Waals surface area contributed by atoms with Gasteiger partial charge in [0.25, 0.3) is 11.1 Å². The first-order chi connectivity index (χ1) is 16.5. The zero-order valence-corrected chi connectivity index (χ0v) is 20.0. The largest absolute Gasteiger partial charge is 0.490 e. The summed E-state index contributed by atoms with van der Waals surface area (Å²) in [6.07, 6.45) is 4.69. The molecule has 3 amide bonds. The van der Waals surface area contributed by atoms with E-state index in [1.54, 1.807) is 17.0 Å². The highest BCUT2D eigenvalue weighted by Crippen LogP contribution is 2.32. The Morgan fingerprint density at radius 3 is 2.41 bits per heavy atom. The molecule has 0 bridgehead atoms. The number of ether oxygens (including phenoxy) is 2. The van der Waals surface area contributed by atoms with Gasteiger partial charge in [0.1, 0.15) is 31.3 Å². The molecule has 178 valence electrons. The summed E-state index contributed by atoms with van der Waals surface area (Å²) in [6, 6.07) is 15.1. The van der Waals surface area contributed by atoms with E-state index in [1.807, 2.05) is 49.4 Å². The first-order valence-electron chi connectivity index (χ1n) is 11.4. The molecule has 0 unspecified atom stereocenters. The van der Waals surface area contributed by atoms with Gasteiger partial charge >= 0.3 is 0 Å². The predicted molar refractivity (Wildman–Crippen MR) is 132 cm³/mol. The van der Waals surface area contributed by atoms with Crippen LogP contribution in [0.15, 0.2) is 53.4 Å². The summed E-state index contributed by atoms with van der Waals surface area (Å²) < 4.78 is 11.4. The zero-order valence-electron chi connectivity index (χ0n) is 19.2. The maximum atomic E-state index is 12.8. The summed E-state index contributed by atoms with van der Waals surface area (Å²) in [4.78, 5) is 40.8. The fraction of sp³-hybridized carbons (Fsp3) is 0.346. The van der Waals surface area contributed by atoms with Crippen molar-refractivity contribution in [2.24, 2.45) is 0 Å². The maximum Gasteiger partial charge on any atom is 0.294 e. The minimum absolute atomic E-state index is 0.175. The molecule has 2 aliphatic heterocycles. The summed E-state index contributed by atoms with van der Waals surface area (Å²) in [5.41, 5.74) is 1.91. The SMILES string of the molecule is Cc1ccc(OCCOc2cccc(/C=C3\SC(=O)N(CC(=O)N4CCCCC4)C3=O)c2)cc1. The molecule has 8 heteroatoms. The van der Waals surface area contributed by atoms with Crippen molar-refractivity contribution < 1.29 is 23.9 Å². The second-order valence-corrected chi connectivity index (χ2v) is 9.28. The van der Waals surface area contributed by atoms with Crippen molar-refractivity contribution in [1.82, 2.24) is 9.80 Å². The van der Waals surface area contributed by atoms with Gasteiger partial charge in [0.15, 0.2) is 0 Å². The molecule has 2 heterocycles. The van der Waals surface area contributed by atoms with E-state index >= 15 is 0 Å². The van der Waals surface area contributed by atoms with Gasteiger partial charge in [0, 0.05) is 13.1 Å². The number of imide groups is 1. The number of likely N-dealkylation sites (tertiary alicyclic amines) is 1. The van der Waals surface area contributed by atoms with E-state index in [0.29, 0.717) is 37.0 Å². The van der Waals surface area contributed by atoms with Crippen molar-refractivity contribution in [2.45, 2.75) is 26.2 Å². The van der Waals surface area contributed by atoms with E-state index < -0.39 is 11.1 Å². The summed E-state index contributed by atoms with van der Waals surface area (Å²) in [7, 11) is 0. The highest BCUT2D eigenvalue weighted by Gasteiger charge is 2.37. The number of piperidine rings is 1. The Morgan fingerprint density at radius 1 is 0.971 bits per heavy atom. The number of nitrogens with zero attached hydrogens (tertiary/aromatic N) is 2. The molecule has 2 aliphatic rings. The molecular weight excluding hydrogens is 452 g/mol. The van der Waals surface area contributed by atoms with Crippen molar-refractivity contribution in [3.05, 3.63) is 64.6 Å². The van der Waals surface area contributed by atoms with Crippen LogP contribution in [-0.2, 0) is 9.59 Å². The quantitative estimate of drug-likeness (QED) is 0.409. The maximum absolute atomic E-state index is 12.8. The van der Waals surface area contributed by atoms with Gasteiger partial charge in [-0.25, -0.2) is 0 Å². The van der Waals surface area contributed by atoms with Gasteiger partial charge in [-0.15, -0.1) is 0 Å². The molecule has 2 aromatic carbocycles. The third-order valence-electron chi connectivity index (χ3n) is 5.67. The fourth-order valence-corrected chi connectivity index (χ4v) is 4.65. The van der Waals surface area contributed by atoms with Crippen LogP contribution in [0.25, 0.3) is 6.08 Å². The van der Waals surface area contributed by atoms with Crippen LogP contribution >= 0.6 is 11.8 Å². The Balaban J connectivity index is 1.32. The second kappa shape index (κ2) is 11.2. The molecule has 0 spiro atoms. The third-order valence-corrected chi connectivity index (χ3v) is 6.58. The normalized spacial score (nSPS) is 17.4. The lowest BCUT2D eigenvalue weighted by Crippen LogP contribution is -2.44. The van der Waals surface area contributed by atoms with E-state index in [0.717, 1.165) is 47.2 Å². The molecule has 0 radical (unpaired) electrons. The van der Waals surface area contributed by atoms with Crippen molar-refractivity contribution >= 4 is 34.9 Å². The minimum atomic E-state index is -0.432. The average molecular weight is 481 g/mol. The van der Waals surface area contributed by atoms with Gasteiger partial charge in [0.2, 0.25) is 5.91 Å². The molecule has 0 atom stereocenters. The molecule has 2 aromatic rings. The first-order valence-corrected chi connectivity index (χ1v) is 12.3. The number of aryl methyl sites for hydroxylation is 1. The molecule has 7 nitrogen and oxygen atoms in total. The highest BCUT2D eigenvalue weighted by atomic mass is 32.2. The van der Waals surface area contributed by atoms with E-state index in [2.05, 4.69) is 0 Å². The molecule has 0 aliphatic carbocycles. The van der Waals surface area contributed by atoms with Crippen LogP contribution in [-0.4, -0.2) is 59.7 Å². The van der Waals surface area contributed by atoms with Crippen LogP contribution in [0.5, 0.6) is 11.5 Å². The third kappa shape index (κ3) is 6.20. The smallest absolute Gasteiger partial charge is 0.294 e. The number of carbonyl (C=O) groups is 3. The Kier molecular flexibility index (Phi) is 7.90. The topological polar surface area (TPSA) is 76.2 Å². The number of benzene rings is 2. The lowest BCUT2D eigenvalue weighted by molar-refractivity contribution is -0.136. The molecule has 4 rings (SSSR count). The lowest BCUT2D eigenvalue weighted by atomic mass is 10.1. The molecule has 2 fully saturated rings. The number of rotatable bonds is 8. The standard InChI is InChI=1S/C26H28N2O5S/c1-19-8-10-21(11-9-19)32-14-15-33-22-7-5-6-20(16-22)17-23-25(30)28(26(31)34-23)18-24(29)27-12-3-2-4-13-27/h5-11,16-17H,2-4,12-15,18H2,1H3/b23-17-. The minimum Gasteiger partial charge on any atom is -0.490 e. The number of hydrogen-bond acceptors (Lipinski definition) is 6. The molecule has 2 saturated heterocycles. The fourth-order valence-electron chi connectivity index (χ4n) is 3.81. The van der Waals surface area contributed by atoms with Gasteiger partial charge in [-0.3, -0.25) is 19.3 Å². The van der Waals surface area contributed by atoms with Crippen LogP contribution in [0.1, 0.15) is 30.4 Å². The van der Waals surface area contributed by atoms with Gasteiger partial charge < -0.3 is 14.4 Å². The number of amides is 3. The van der Waals surface area contributed by atoms with Crippen LogP contribution in [0, 0.1) is 6.92 Å². The van der Waals surface area contributed by atoms with Crippen LogP contribution in [0.4, 0.5) is 4.79 Å². The van der Waals surface area contributed by atoms with E-state index in [9.17, 15) is 14.4 Å². The first kappa shape index (κ1) is 23.9. The van der Waals surface area contributed by atoms with Crippen molar-refractivity contribution in [3.63, 3.8) is 0 Å². The van der Waals surface area contributed by atoms with E-state index in [4.69, 9.17) is 9.47 Å². The van der Waals surface area contributed by atoms with Crippen molar-refractivity contribution in [1.29, 1.82) is 0 Å². The van der Waals surface area contributed by atoms with Crippen LogP contribution < -0.4 is 9.47 Å². The van der Waals surface area contributed by atoms with Crippen LogP contribution in [0.2, 0.25) is 0 Å². The Morgan fingerprint density at radius 2 is 1.68 bits per heavy atom. The molecule has 0 aromatic heterocycles. The van der Waals surface area contributed by atoms with Gasteiger partial charge in [-0.05, 0) is 73.9 Å². The Labute approximate surface area is 203 Å². The molecule has 0 N–H and O–H groups in total. The van der Waals surface area contributed by atoms with Crippen molar-refractivity contribution in [2.75, 3.05) is 32.8 Å². The number of thioether (sulfide) groups is 1. The Bertz CT molecular complexity index is 1080. The van der Waals surface area contributed by atoms with Crippen LogP contribution in [0.3, 0.4) is 0 Å². The predicted octanol–water partition coefficient (Wildman–Crippen LogP) is 4.50. The summed E-state index contributed by atoms with van der Waals surface area (Å²) in [5.74, 6) is 0.822. The number of carbonyl (C=O) groups excluding carboxylic acids is 3. The second-order valence-electron chi connectivity index (χ2n) is 8.29. The van der Waals surface area contributed by atoms with Gasteiger partial charge in [0.05, 0.1) is 4.91 Å². The molecule has 0 saturated carbocycles. The van der Waals surface area contributed by atoms with Gasteiger partial charge in [-0.2, -0.15) is 0 Å². The van der Waals surface area contributed by atoms with Crippen molar-refractivity contribution in [3.8, 4) is 11.5 Å². The number of hydrogen-bond donors (Lipinski definition) is 0. The van der Waals surface area contributed by atoms with E-state index in [-0.39, 0.29) is 12.5 Å². The summed E-state index contributed by atoms with van der Waals surface area (Å²) in [6.45, 7) is 3.97. The Hall–Kier alpha value is -3.26. The lowest BCUT2D eigenvalue weighted by Gasteiger charge is -2.27. The summed E-state index contributed by atoms with van der Waals surface area (Å²) in [5, 5.41) is -0.415. The van der Waals surface area contributed by atoms with Gasteiger partial charge in [-0.1, -0.05) is 29.8 Å². The molecule has 34 heavy (non-hydrogen) atoms. The summed E-state index contributed by atoms with van der Waals surface area (Å²) >= 11 is 0.858. The highest BCUT2D eigenvalue weighted by molar-refractivity contribution is 8.18. The average Bonchev–Trinajstić information content (AvgIpc) is 3.11. The van der Waals surface area contributed by atoms with E-state index in [1.165, 1.54) is 5.56 Å². The monoisotopic (exact) mass is 480 g/mol. The zero-order chi connectivity index (χ0) is 23.9.